The Morgan fingerprint density at radius 1 is 1.48 bits per heavy atom. The van der Waals surface area contributed by atoms with E-state index in [0.717, 1.165) is 19.4 Å². The molecule has 0 spiro atoms. The molecule has 9 nitrogen and oxygen atoms in total. The number of piperidine rings is 1. The van der Waals surface area contributed by atoms with Gasteiger partial charge in [0.2, 0.25) is 0 Å². The van der Waals surface area contributed by atoms with E-state index in [4.69, 9.17) is 0 Å². The zero-order chi connectivity index (χ0) is 15.3. The molecule has 1 atom stereocenters. The first-order valence-corrected chi connectivity index (χ1v) is 8.62. The first kappa shape index (κ1) is 16.3. The van der Waals surface area contributed by atoms with E-state index in [1.807, 2.05) is 0 Å². The van der Waals surface area contributed by atoms with Gasteiger partial charge in [-0.05, 0) is 25.3 Å². The Morgan fingerprint density at radius 3 is 2.95 bits per heavy atom. The SMILES string of the molecule is CC(C)NCC1CCCN(S(=O)(=O)NCc2nn[nH]n2)C1. The molecule has 3 N–H and O–H groups in total. The summed E-state index contributed by atoms with van der Waals surface area (Å²) in [7, 11) is -3.50. The highest BCUT2D eigenvalue weighted by Gasteiger charge is 2.28. The Hall–Kier alpha value is -1.10. The summed E-state index contributed by atoms with van der Waals surface area (Å²) in [6.45, 7) is 6.16. The molecule has 0 bridgehead atoms. The molecule has 120 valence electrons. The lowest BCUT2D eigenvalue weighted by atomic mass is 9.99. The van der Waals surface area contributed by atoms with Crippen LogP contribution in [0.5, 0.6) is 0 Å². The molecule has 1 aliphatic heterocycles. The van der Waals surface area contributed by atoms with Crippen LogP contribution in [0.25, 0.3) is 0 Å². The van der Waals surface area contributed by atoms with Gasteiger partial charge in [-0.1, -0.05) is 19.1 Å². The molecule has 21 heavy (non-hydrogen) atoms. The van der Waals surface area contributed by atoms with E-state index in [1.165, 1.54) is 4.31 Å². The van der Waals surface area contributed by atoms with E-state index in [9.17, 15) is 8.42 Å². The second kappa shape index (κ2) is 7.25. The van der Waals surface area contributed by atoms with Crippen LogP contribution in [0.1, 0.15) is 32.5 Å². The average Bonchev–Trinajstić information content (AvgIpc) is 2.97. The van der Waals surface area contributed by atoms with E-state index in [0.29, 0.717) is 30.9 Å². The fourth-order valence-electron chi connectivity index (χ4n) is 2.32. The molecule has 1 aliphatic rings. The van der Waals surface area contributed by atoms with Crippen molar-refractivity contribution in [1.29, 1.82) is 0 Å². The van der Waals surface area contributed by atoms with Crippen LogP contribution >= 0.6 is 0 Å². The van der Waals surface area contributed by atoms with Crippen LogP contribution in [0, 0.1) is 5.92 Å². The number of nitrogens with one attached hydrogen (secondary N) is 3. The third kappa shape index (κ3) is 4.99. The molecule has 0 saturated carbocycles. The van der Waals surface area contributed by atoms with Gasteiger partial charge in [-0.15, -0.1) is 10.2 Å². The first-order valence-electron chi connectivity index (χ1n) is 7.18. The summed E-state index contributed by atoms with van der Waals surface area (Å²) in [5, 5.41) is 16.5. The van der Waals surface area contributed by atoms with Gasteiger partial charge in [-0.25, -0.2) is 0 Å². The summed E-state index contributed by atoms with van der Waals surface area (Å²) in [5.74, 6) is 0.677. The smallest absolute Gasteiger partial charge is 0.279 e. The molecule has 0 aromatic carbocycles. The molecule has 10 heteroatoms. The highest BCUT2D eigenvalue weighted by molar-refractivity contribution is 7.87. The molecule has 1 unspecified atom stereocenters. The van der Waals surface area contributed by atoms with Crippen LogP contribution in [0.3, 0.4) is 0 Å². The second-order valence-corrected chi connectivity index (χ2v) is 7.34. The number of aromatic nitrogens is 4. The maximum atomic E-state index is 12.3. The maximum Gasteiger partial charge on any atom is 0.279 e. The molecular formula is C11H23N7O2S. The van der Waals surface area contributed by atoms with Gasteiger partial charge in [0.15, 0.2) is 5.82 Å². The fraction of sp³-hybridized carbons (Fsp3) is 0.909. The van der Waals surface area contributed by atoms with Crippen molar-refractivity contribution in [3.05, 3.63) is 5.82 Å². The number of tetrazole rings is 1. The summed E-state index contributed by atoms with van der Waals surface area (Å²) in [4.78, 5) is 0. The van der Waals surface area contributed by atoms with Gasteiger partial charge in [-0.2, -0.15) is 22.7 Å². The molecular weight excluding hydrogens is 294 g/mol. The van der Waals surface area contributed by atoms with Crippen molar-refractivity contribution in [2.45, 2.75) is 39.3 Å². The molecule has 0 radical (unpaired) electrons. The van der Waals surface area contributed by atoms with Crippen molar-refractivity contribution in [3.8, 4) is 0 Å². The topological polar surface area (TPSA) is 116 Å². The Balaban J connectivity index is 1.86. The Kier molecular flexibility index (Phi) is 5.62. The Labute approximate surface area is 125 Å². The molecule has 0 amide bonds. The van der Waals surface area contributed by atoms with Crippen LogP contribution in [0.15, 0.2) is 0 Å². The minimum absolute atomic E-state index is 0.0459. The standard InChI is InChI=1S/C11H23N7O2S/c1-9(2)12-6-10-4-3-5-18(8-10)21(19,20)13-7-11-14-16-17-15-11/h9-10,12-13H,3-8H2,1-2H3,(H,14,15,16,17). The largest absolute Gasteiger partial charge is 0.314 e. The number of nitrogens with zero attached hydrogens (tertiary/aromatic N) is 4. The van der Waals surface area contributed by atoms with Gasteiger partial charge in [0.25, 0.3) is 10.2 Å². The molecule has 1 saturated heterocycles. The molecule has 2 heterocycles. The monoisotopic (exact) mass is 317 g/mol. The van der Waals surface area contributed by atoms with Gasteiger partial charge in [0.1, 0.15) is 0 Å². The van der Waals surface area contributed by atoms with E-state index in [2.05, 4.69) is 44.5 Å². The fourth-order valence-corrected chi connectivity index (χ4v) is 3.59. The zero-order valence-corrected chi connectivity index (χ0v) is 13.2. The van der Waals surface area contributed by atoms with E-state index in [-0.39, 0.29) is 6.54 Å². The van der Waals surface area contributed by atoms with Crippen LogP contribution in [-0.4, -0.2) is 59.0 Å². The predicted octanol–water partition coefficient (Wildman–Crippen LogP) is -0.756. The lowest BCUT2D eigenvalue weighted by Gasteiger charge is -2.32. The summed E-state index contributed by atoms with van der Waals surface area (Å²) < 4.78 is 28.6. The number of hydrogen-bond donors (Lipinski definition) is 3. The quantitative estimate of drug-likeness (QED) is 0.609. The molecule has 0 aliphatic carbocycles. The van der Waals surface area contributed by atoms with E-state index < -0.39 is 10.2 Å². The molecule has 1 fully saturated rings. The molecule has 1 aromatic rings. The first-order chi connectivity index (χ1) is 9.97. The van der Waals surface area contributed by atoms with Crippen molar-refractivity contribution in [3.63, 3.8) is 0 Å². The summed E-state index contributed by atoms with van der Waals surface area (Å²) in [6.07, 6.45) is 1.93. The second-order valence-electron chi connectivity index (χ2n) is 5.58. The number of rotatable bonds is 7. The highest BCUT2D eigenvalue weighted by Crippen LogP contribution is 2.18. The summed E-state index contributed by atoms with van der Waals surface area (Å²) >= 11 is 0. The van der Waals surface area contributed by atoms with Crippen LogP contribution in [0.2, 0.25) is 0 Å². The predicted molar refractivity (Wildman–Crippen MR) is 77.4 cm³/mol. The zero-order valence-electron chi connectivity index (χ0n) is 12.4. The van der Waals surface area contributed by atoms with Gasteiger partial charge in [-0.3, -0.25) is 0 Å². The third-order valence-electron chi connectivity index (χ3n) is 3.44. The lowest BCUT2D eigenvalue weighted by molar-refractivity contribution is 0.254. The van der Waals surface area contributed by atoms with Gasteiger partial charge in [0, 0.05) is 19.1 Å². The van der Waals surface area contributed by atoms with Crippen molar-refractivity contribution < 1.29 is 8.42 Å². The Bertz CT molecular complexity index is 517. The van der Waals surface area contributed by atoms with Gasteiger partial charge < -0.3 is 5.32 Å². The van der Waals surface area contributed by atoms with Gasteiger partial charge >= 0.3 is 0 Å². The number of H-pyrrole nitrogens is 1. The summed E-state index contributed by atoms with van der Waals surface area (Å²) in [6, 6.07) is 0.411. The number of hydrogen-bond acceptors (Lipinski definition) is 6. The average molecular weight is 317 g/mol. The molecule has 1 aromatic heterocycles. The van der Waals surface area contributed by atoms with Crippen molar-refractivity contribution in [1.82, 2.24) is 35.0 Å². The van der Waals surface area contributed by atoms with Crippen molar-refractivity contribution in [2.24, 2.45) is 5.92 Å². The molecule has 2 rings (SSSR count). The van der Waals surface area contributed by atoms with Crippen LogP contribution < -0.4 is 10.0 Å². The van der Waals surface area contributed by atoms with Crippen LogP contribution in [-0.2, 0) is 16.8 Å². The van der Waals surface area contributed by atoms with Crippen LogP contribution in [0.4, 0.5) is 0 Å². The minimum atomic E-state index is -3.50. The minimum Gasteiger partial charge on any atom is -0.314 e. The maximum absolute atomic E-state index is 12.3. The van der Waals surface area contributed by atoms with E-state index >= 15 is 0 Å². The van der Waals surface area contributed by atoms with E-state index in [1.54, 1.807) is 0 Å². The summed E-state index contributed by atoms with van der Waals surface area (Å²) in [5.41, 5.74) is 0. The highest BCUT2D eigenvalue weighted by atomic mass is 32.2. The third-order valence-corrected chi connectivity index (χ3v) is 4.96. The number of aromatic amines is 1. The van der Waals surface area contributed by atoms with Crippen molar-refractivity contribution >= 4 is 10.2 Å². The Morgan fingerprint density at radius 2 is 2.29 bits per heavy atom. The normalized spacial score (nSPS) is 21.0. The lowest BCUT2D eigenvalue weighted by Crippen LogP contribution is -2.47. The van der Waals surface area contributed by atoms with Crippen molar-refractivity contribution in [2.75, 3.05) is 19.6 Å². The van der Waals surface area contributed by atoms with Gasteiger partial charge in [0.05, 0.1) is 6.54 Å².